The minimum absolute atomic E-state index is 0.00810. The molecular formula is C18H23FN4O2. The van der Waals surface area contributed by atoms with Crippen LogP contribution in [0.15, 0.2) is 34.9 Å². The van der Waals surface area contributed by atoms with Crippen LogP contribution in [0.5, 0.6) is 0 Å². The quantitative estimate of drug-likeness (QED) is 0.895. The number of amides is 1. The highest BCUT2D eigenvalue weighted by Crippen LogP contribution is 2.22. The maximum absolute atomic E-state index is 13.3. The van der Waals surface area contributed by atoms with Gasteiger partial charge in [-0.25, -0.2) is 4.39 Å². The van der Waals surface area contributed by atoms with Gasteiger partial charge < -0.3 is 14.7 Å². The number of carbonyl (C=O) groups is 1. The van der Waals surface area contributed by atoms with Gasteiger partial charge >= 0.3 is 0 Å². The van der Waals surface area contributed by atoms with E-state index in [1.54, 1.807) is 25.1 Å². The predicted molar refractivity (Wildman–Crippen MR) is 91.8 cm³/mol. The molecule has 0 saturated carbocycles. The first-order chi connectivity index (χ1) is 12.0. The molecule has 1 amide bonds. The number of aryl methyl sites for hydroxylation is 1. The minimum atomic E-state index is -0.266. The Morgan fingerprint density at radius 2 is 1.96 bits per heavy atom. The van der Waals surface area contributed by atoms with Gasteiger partial charge in [0.25, 0.3) is 5.91 Å². The van der Waals surface area contributed by atoms with Gasteiger partial charge in [0.2, 0.25) is 0 Å². The Hall–Kier alpha value is -2.25. The molecule has 2 heterocycles. The molecular weight excluding hydrogens is 323 g/mol. The third-order valence-electron chi connectivity index (χ3n) is 4.55. The van der Waals surface area contributed by atoms with Gasteiger partial charge in [0.15, 0.2) is 5.69 Å². The number of nitrogens with zero attached hydrogens (tertiary/aromatic N) is 3. The van der Waals surface area contributed by atoms with E-state index in [0.29, 0.717) is 12.3 Å². The molecule has 1 aromatic heterocycles. The average molecular weight is 346 g/mol. The van der Waals surface area contributed by atoms with Crippen molar-refractivity contribution in [1.29, 1.82) is 0 Å². The van der Waals surface area contributed by atoms with Crippen molar-refractivity contribution >= 4 is 5.91 Å². The number of hydrogen-bond donors (Lipinski definition) is 1. The van der Waals surface area contributed by atoms with Crippen molar-refractivity contribution < 1.29 is 13.7 Å². The molecule has 1 atom stereocenters. The molecule has 0 aliphatic carbocycles. The summed E-state index contributed by atoms with van der Waals surface area (Å²) in [6.07, 6.45) is 0. The lowest BCUT2D eigenvalue weighted by Gasteiger charge is -2.38. The highest BCUT2D eigenvalue weighted by Gasteiger charge is 2.25. The van der Waals surface area contributed by atoms with Crippen molar-refractivity contribution in [3.63, 3.8) is 0 Å². The summed E-state index contributed by atoms with van der Waals surface area (Å²) in [6.45, 7) is 5.91. The summed E-state index contributed by atoms with van der Waals surface area (Å²) in [5.41, 5.74) is 1.26. The van der Waals surface area contributed by atoms with Crippen molar-refractivity contribution in [2.45, 2.75) is 13.0 Å². The van der Waals surface area contributed by atoms with Gasteiger partial charge in [-0.05, 0) is 31.7 Å². The number of halogens is 1. The zero-order valence-electron chi connectivity index (χ0n) is 14.5. The van der Waals surface area contributed by atoms with Crippen LogP contribution in [-0.2, 0) is 0 Å². The lowest BCUT2D eigenvalue weighted by molar-refractivity contribution is 0.0878. The van der Waals surface area contributed by atoms with Crippen molar-refractivity contribution in [2.24, 2.45) is 0 Å². The summed E-state index contributed by atoms with van der Waals surface area (Å²) in [5, 5.41) is 6.67. The van der Waals surface area contributed by atoms with Crippen molar-refractivity contribution in [2.75, 3.05) is 39.8 Å². The van der Waals surface area contributed by atoms with E-state index in [1.807, 2.05) is 0 Å². The Bertz CT molecular complexity index is 708. The molecule has 1 fully saturated rings. The molecule has 1 N–H and O–H groups in total. The van der Waals surface area contributed by atoms with Crippen LogP contribution in [-0.4, -0.2) is 60.6 Å². The van der Waals surface area contributed by atoms with Crippen LogP contribution in [0.1, 0.15) is 27.9 Å². The summed E-state index contributed by atoms with van der Waals surface area (Å²) < 4.78 is 18.2. The van der Waals surface area contributed by atoms with E-state index in [0.717, 1.165) is 31.7 Å². The number of carbonyl (C=O) groups excluding carboxylic acids is 1. The Labute approximate surface area is 146 Å². The highest BCUT2D eigenvalue weighted by atomic mass is 19.1. The molecule has 6 nitrogen and oxygen atoms in total. The molecule has 1 aromatic carbocycles. The van der Waals surface area contributed by atoms with Gasteiger partial charge in [-0.3, -0.25) is 9.69 Å². The van der Waals surface area contributed by atoms with Gasteiger partial charge in [0, 0.05) is 38.8 Å². The molecule has 25 heavy (non-hydrogen) atoms. The van der Waals surface area contributed by atoms with E-state index in [1.165, 1.54) is 12.1 Å². The zero-order valence-corrected chi connectivity index (χ0v) is 14.5. The van der Waals surface area contributed by atoms with Gasteiger partial charge in [-0.2, -0.15) is 0 Å². The number of nitrogens with one attached hydrogen (secondary N) is 1. The summed E-state index contributed by atoms with van der Waals surface area (Å²) in [6, 6.07) is 8.09. The first-order valence-corrected chi connectivity index (χ1v) is 8.42. The topological polar surface area (TPSA) is 61.6 Å². The molecule has 0 unspecified atom stereocenters. The molecule has 0 bridgehead atoms. The smallest absolute Gasteiger partial charge is 0.273 e. The fraction of sp³-hybridized carbons (Fsp3) is 0.444. The second-order valence-corrected chi connectivity index (χ2v) is 6.44. The molecule has 134 valence electrons. The van der Waals surface area contributed by atoms with E-state index >= 15 is 0 Å². The predicted octanol–water partition coefficient (Wildman–Crippen LogP) is 1.84. The van der Waals surface area contributed by atoms with Crippen LogP contribution in [0.4, 0.5) is 4.39 Å². The van der Waals surface area contributed by atoms with Crippen molar-refractivity contribution in [3.05, 3.63) is 53.2 Å². The van der Waals surface area contributed by atoms with Crippen LogP contribution < -0.4 is 5.32 Å². The number of aromatic nitrogens is 1. The van der Waals surface area contributed by atoms with E-state index in [4.69, 9.17) is 4.52 Å². The van der Waals surface area contributed by atoms with Crippen molar-refractivity contribution in [1.82, 2.24) is 20.3 Å². The van der Waals surface area contributed by atoms with E-state index in [2.05, 4.69) is 27.3 Å². The third-order valence-corrected chi connectivity index (χ3v) is 4.55. The first-order valence-electron chi connectivity index (χ1n) is 8.42. The van der Waals surface area contributed by atoms with Gasteiger partial charge in [-0.1, -0.05) is 17.3 Å². The number of likely N-dealkylation sites (N-methyl/N-ethyl adjacent to an activating group) is 1. The summed E-state index contributed by atoms with van der Waals surface area (Å²) in [5.74, 6) is 0.0698. The second kappa shape index (κ2) is 7.76. The zero-order chi connectivity index (χ0) is 17.8. The Morgan fingerprint density at radius 3 is 2.56 bits per heavy atom. The maximum atomic E-state index is 13.3. The van der Waals surface area contributed by atoms with E-state index in [9.17, 15) is 9.18 Å². The van der Waals surface area contributed by atoms with Crippen LogP contribution >= 0.6 is 0 Å². The summed E-state index contributed by atoms with van der Waals surface area (Å²) >= 11 is 0. The number of rotatable bonds is 5. The number of hydrogen-bond acceptors (Lipinski definition) is 5. The monoisotopic (exact) mass is 346 g/mol. The van der Waals surface area contributed by atoms with Gasteiger partial charge in [0.05, 0.1) is 6.04 Å². The molecule has 2 aromatic rings. The van der Waals surface area contributed by atoms with Crippen LogP contribution in [0, 0.1) is 12.7 Å². The first kappa shape index (κ1) is 17.6. The average Bonchev–Trinajstić information content (AvgIpc) is 3.04. The fourth-order valence-electron chi connectivity index (χ4n) is 3.03. The lowest BCUT2D eigenvalue weighted by atomic mass is 10.0. The molecule has 1 aliphatic heterocycles. The van der Waals surface area contributed by atoms with Crippen LogP contribution in [0.3, 0.4) is 0 Å². The molecule has 7 heteroatoms. The van der Waals surface area contributed by atoms with E-state index in [-0.39, 0.29) is 23.5 Å². The molecule has 1 aliphatic rings. The standard InChI is InChI=1S/C18H23FN4O2/c1-13-11-16(21-25-13)18(24)20-12-17(14-3-5-15(19)6-4-14)23-9-7-22(2)8-10-23/h3-6,11,17H,7-10,12H2,1-2H3,(H,20,24)/t17-/m0/s1. The molecule has 0 spiro atoms. The molecule has 0 radical (unpaired) electrons. The van der Waals surface area contributed by atoms with Crippen molar-refractivity contribution in [3.8, 4) is 0 Å². The maximum Gasteiger partial charge on any atom is 0.273 e. The molecule has 3 rings (SSSR count). The summed E-state index contributed by atoms with van der Waals surface area (Å²) in [7, 11) is 2.10. The lowest BCUT2D eigenvalue weighted by Crippen LogP contribution is -2.48. The van der Waals surface area contributed by atoms with Crippen LogP contribution in [0.25, 0.3) is 0 Å². The number of benzene rings is 1. The Balaban J connectivity index is 1.71. The summed E-state index contributed by atoms with van der Waals surface area (Å²) in [4.78, 5) is 16.9. The minimum Gasteiger partial charge on any atom is -0.361 e. The van der Waals surface area contributed by atoms with Gasteiger partial charge in [0.1, 0.15) is 11.6 Å². The highest BCUT2D eigenvalue weighted by molar-refractivity contribution is 5.92. The Morgan fingerprint density at radius 1 is 1.28 bits per heavy atom. The fourth-order valence-corrected chi connectivity index (χ4v) is 3.03. The van der Waals surface area contributed by atoms with Crippen LogP contribution in [0.2, 0.25) is 0 Å². The second-order valence-electron chi connectivity index (χ2n) is 6.44. The Kier molecular flexibility index (Phi) is 5.45. The SMILES string of the molecule is Cc1cc(C(=O)NC[C@@H](c2ccc(F)cc2)N2CCN(C)CC2)no1. The van der Waals surface area contributed by atoms with Gasteiger partial charge in [-0.15, -0.1) is 0 Å². The van der Waals surface area contributed by atoms with E-state index < -0.39 is 0 Å². The molecule has 1 saturated heterocycles. The largest absolute Gasteiger partial charge is 0.361 e. The third kappa shape index (κ3) is 4.43. The normalized spacial score (nSPS) is 17.4. The number of piperazine rings is 1.